The SMILES string of the molecule is Cc1cc2nnnn2cc1-c1[nH]c2ccc(C3CCN(Cc4ccn(C)n4)CC3)cc2c1C(C)C. The van der Waals surface area contributed by atoms with E-state index in [1.165, 1.54) is 46.1 Å². The third kappa shape index (κ3) is 4.01. The molecule has 180 valence electrons. The quantitative estimate of drug-likeness (QED) is 0.400. The zero-order valence-corrected chi connectivity index (χ0v) is 20.9. The first kappa shape index (κ1) is 22.0. The molecule has 0 atom stereocenters. The summed E-state index contributed by atoms with van der Waals surface area (Å²) in [5.74, 6) is 0.982. The second-order valence-corrected chi connectivity index (χ2v) is 10.3. The van der Waals surface area contributed by atoms with Crippen molar-refractivity contribution >= 4 is 16.6 Å². The van der Waals surface area contributed by atoms with Gasteiger partial charge < -0.3 is 4.98 Å². The van der Waals surface area contributed by atoms with Crippen LogP contribution in [-0.2, 0) is 13.6 Å². The van der Waals surface area contributed by atoms with Crippen molar-refractivity contribution in [2.24, 2.45) is 7.05 Å². The van der Waals surface area contributed by atoms with Gasteiger partial charge in [-0.1, -0.05) is 19.9 Å². The van der Waals surface area contributed by atoms with Crippen LogP contribution in [0.2, 0.25) is 0 Å². The molecule has 1 aliphatic rings. The number of piperidine rings is 1. The molecule has 0 saturated carbocycles. The molecule has 1 saturated heterocycles. The number of pyridine rings is 1. The predicted octanol–water partition coefficient (Wildman–Crippen LogP) is 4.82. The topological polar surface area (TPSA) is 79.9 Å². The van der Waals surface area contributed by atoms with Crippen LogP contribution in [0.1, 0.15) is 60.9 Å². The van der Waals surface area contributed by atoms with Crippen molar-refractivity contribution in [1.82, 2.24) is 39.7 Å². The molecule has 4 aromatic heterocycles. The van der Waals surface area contributed by atoms with Crippen molar-refractivity contribution in [1.29, 1.82) is 0 Å². The molecule has 1 N–H and O–H groups in total. The van der Waals surface area contributed by atoms with Gasteiger partial charge in [0.25, 0.3) is 0 Å². The van der Waals surface area contributed by atoms with Crippen molar-refractivity contribution < 1.29 is 0 Å². The number of nitrogens with zero attached hydrogens (tertiary/aromatic N) is 7. The minimum Gasteiger partial charge on any atom is -0.354 e. The van der Waals surface area contributed by atoms with Crippen LogP contribution in [0, 0.1) is 6.92 Å². The Labute approximate surface area is 204 Å². The van der Waals surface area contributed by atoms with Gasteiger partial charge in [-0.25, -0.2) is 0 Å². The lowest BCUT2D eigenvalue weighted by atomic mass is 9.87. The van der Waals surface area contributed by atoms with Gasteiger partial charge in [-0.15, -0.1) is 5.10 Å². The number of aromatic amines is 1. The smallest absolute Gasteiger partial charge is 0.179 e. The van der Waals surface area contributed by atoms with Crippen molar-refractivity contribution in [3.63, 3.8) is 0 Å². The van der Waals surface area contributed by atoms with Gasteiger partial charge in [-0.2, -0.15) is 9.61 Å². The molecule has 1 aromatic carbocycles. The fraction of sp³-hybridized carbons (Fsp3) is 0.407. The number of H-pyrrole nitrogens is 1. The summed E-state index contributed by atoms with van der Waals surface area (Å²) in [5.41, 5.74) is 9.42. The Morgan fingerprint density at radius 2 is 1.94 bits per heavy atom. The average molecular weight is 469 g/mol. The predicted molar refractivity (Wildman–Crippen MR) is 137 cm³/mol. The molecule has 8 nitrogen and oxygen atoms in total. The monoisotopic (exact) mass is 468 g/mol. The second-order valence-electron chi connectivity index (χ2n) is 10.3. The van der Waals surface area contributed by atoms with Crippen molar-refractivity contribution in [3.05, 3.63) is 65.1 Å². The number of tetrazole rings is 1. The molecular weight excluding hydrogens is 436 g/mol. The first-order valence-corrected chi connectivity index (χ1v) is 12.5. The number of likely N-dealkylation sites (tertiary alicyclic amines) is 1. The summed E-state index contributed by atoms with van der Waals surface area (Å²) in [6.07, 6.45) is 6.43. The number of hydrogen-bond acceptors (Lipinski definition) is 5. The first-order valence-electron chi connectivity index (χ1n) is 12.5. The lowest BCUT2D eigenvalue weighted by molar-refractivity contribution is 0.202. The zero-order chi connectivity index (χ0) is 24.1. The van der Waals surface area contributed by atoms with Crippen LogP contribution < -0.4 is 0 Å². The minimum absolute atomic E-state index is 0.387. The molecule has 0 unspecified atom stereocenters. The van der Waals surface area contributed by atoms with Crippen LogP contribution in [0.3, 0.4) is 0 Å². The van der Waals surface area contributed by atoms with E-state index in [-0.39, 0.29) is 0 Å². The lowest BCUT2D eigenvalue weighted by Crippen LogP contribution is -2.32. The number of rotatable bonds is 5. The summed E-state index contributed by atoms with van der Waals surface area (Å²) >= 11 is 0. The third-order valence-electron chi connectivity index (χ3n) is 7.46. The summed E-state index contributed by atoms with van der Waals surface area (Å²) in [6.45, 7) is 9.85. The number of nitrogens with one attached hydrogen (secondary N) is 1. The van der Waals surface area contributed by atoms with Gasteiger partial charge in [0.15, 0.2) is 5.65 Å². The third-order valence-corrected chi connectivity index (χ3v) is 7.46. The number of aryl methyl sites for hydroxylation is 2. The highest BCUT2D eigenvalue weighted by molar-refractivity contribution is 5.92. The molecule has 0 bridgehead atoms. The van der Waals surface area contributed by atoms with Crippen molar-refractivity contribution in [2.75, 3.05) is 13.1 Å². The summed E-state index contributed by atoms with van der Waals surface area (Å²) in [7, 11) is 1.98. The fourth-order valence-corrected chi connectivity index (χ4v) is 5.64. The molecule has 0 radical (unpaired) electrons. The van der Waals surface area contributed by atoms with E-state index in [2.05, 4.69) is 81.6 Å². The van der Waals surface area contributed by atoms with E-state index in [0.29, 0.717) is 11.8 Å². The van der Waals surface area contributed by atoms with Crippen LogP contribution in [0.15, 0.2) is 42.7 Å². The van der Waals surface area contributed by atoms with Crippen LogP contribution in [0.25, 0.3) is 27.8 Å². The maximum atomic E-state index is 4.55. The maximum Gasteiger partial charge on any atom is 0.179 e. The fourth-order valence-electron chi connectivity index (χ4n) is 5.64. The van der Waals surface area contributed by atoms with E-state index < -0.39 is 0 Å². The van der Waals surface area contributed by atoms with Crippen molar-refractivity contribution in [3.8, 4) is 11.3 Å². The van der Waals surface area contributed by atoms with Gasteiger partial charge in [0, 0.05) is 42.5 Å². The summed E-state index contributed by atoms with van der Waals surface area (Å²) in [5, 5.41) is 17.9. The number of benzene rings is 1. The Morgan fingerprint density at radius 3 is 2.69 bits per heavy atom. The lowest BCUT2D eigenvalue weighted by Gasteiger charge is -2.31. The van der Waals surface area contributed by atoms with E-state index in [1.54, 1.807) is 4.52 Å². The molecule has 35 heavy (non-hydrogen) atoms. The molecule has 0 aliphatic carbocycles. The van der Waals surface area contributed by atoms with Gasteiger partial charge in [0.2, 0.25) is 0 Å². The normalized spacial score (nSPS) is 15.7. The molecule has 5 aromatic rings. The highest BCUT2D eigenvalue weighted by Gasteiger charge is 2.24. The van der Waals surface area contributed by atoms with E-state index in [1.807, 2.05) is 24.1 Å². The van der Waals surface area contributed by atoms with Gasteiger partial charge in [-0.3, -0.25) is 9.58 Å². The first-order chi connectivity index (χ1) is 17.0. The largest absolute Gasteiger partial charge is 0.354 e. The average Bonchev–Trinajstić information content (AvgIpc) is 3.56. The summed E-state index contributed by atoms with van der Waals surface area (Å²) in [4.78, 5) is 6.26. The Balaban J connectivity index is 1.30. The van der Waals surface area contributed by atoms with Crippen LogP contribution in [0.5, 0.6) is 0 Å². The van der Waals surface area contributed by atoms with E-state index in [0.717, 1.165) is 36.5 Å². The molecule has 8 heteroatoms. The molecule has 1 fully saturated rings. The van der Waals surface area contributed by atoms with E-state index >= 15 is 0 Å². The zero-order valence-electron chi connectivity index (χ0n) is 20.9. The van der Waals surface area contributed by atoms with Gasteiger partial charge in [0.05, 0.1) is 11.4 Å². The van der Waals surface area contributed by atoms with Crippen LogP contribution >= 0.6 is 0 Å². The number of hydrogen-bond donors (Lipinski definition) is 1. The van der Waals surface area contributed by atoms with Gasteiger partial charge >= 0.3 is 0 Å². The Morgan fingerprint density at radius 1 is 1.11 bits per heavy atom. The van der Waals surface area contributed by atoms with Gasteiger partial charge in [0.1, 0.15) is 0 Å². The van der Waals surface area contributed by atoms with Crippen LogP contribution in [-0.4, -0.2) is 52.8 Å². The Bertz CT molecular complexity index is 1500. The van der Waals surface area contributed by atoms with E-state index in [9.17, 15) is 0 Å². The molecule has 0 amide bonds. The van der Waals surface area contributed by atoms with Crippen molar-refractivity contribution in [2.45, 2.75) is 52.0 Å². The molecule has 5 heterocycles. The molecular formula is C27H32N8. The second kappa shape index (κ2) is 8.61. The molecule has 0 spiro atoms. The number of aromatic nitrogens is 7. The Hall–Kier alpha value is -3.52. The summed E-state index contributed by atoms with van der Waals surface area (Å²) in [6, 6.07) is 11.2. The number of fused-ring (bicyclic) bond motifs is 2. The van der Waals surface area contributed by atoms with Gasteiger partial charge in [-0.05, 0) is 96.1 Å². The minimum atomic E-state index is 0.387. The molecule has 6 rings (SSSR count). The van der Waals surface area contributed by atoms with E-state index in [4.69, 9.17) is 0 Å². The Kier molecular flexibility index (Phi) is 5.40. The van der Waals surface area contributed by atoms with Crippen LogP contribution in [0.4, 0.5) is 0 Å². The molecule has 1 aliphatic heterocycles. The highest BCUT2D eigenvalue weighted by atomic mass is 15.5. The maximum absolute atomic E-state index is 4.55. The standard InChI is InChI=1S/C27H32N8/c1-17(2)26-22-14-20(19-7-11-34(12-8-19)15-21-9-10-33(4)30-21)5-6-24(22)28-27(26)23-16-35-25(13-18(23)3)29-31-32-35/h5-6,9-10,13-14,16-17,19,28H,7-8,11-12,15H2,1-4H3. The summed E-state index contributed by atoms with van der Waals surface area (Å²) < 4.78 is 3.64. The highest BCUT2D eigenvalue weighted by Crippen LogP contribution is 2.39.